The van der Waals surface area contributed by atoms with E-state index in [1.807, 2.05) is 22.6 Å². The van der Waals surface area contributed by atoms with E-state index in [-0.39, 0.29) is 5.75 Å². The average molecular weight is 310 g/mol. The molecule has 1 aromatic carbocycles. The van der Waals surface area contributed by atoms with Crippen molar-refractivity contribution in [1.82, 2.24) is 9.97 Å². The number of benzene rings is 1. The molecule has 1 N–H and O–H groups in total. The summed E-state index contributed by atoms with van der Waals surface area (Å²) in [6.07, 6.45) is 1.44. The largest absolute Gasteiger partial charge is 0.431 e. The van der Waals surface area contributed by atoms with Gasteiger partial charge in [0.15, 0.2) is 5.75 Å². The molecule has 0 radical (unpaired) electrons. The summed E-state index contributed by atoms with van der Waals surface area (Å²) in [5.41, 5.74) is 1.11. The van der Waals surface area contributed by atoms with Crippen LogP contribution in [0, 0.1) is 3.57 Å². The lowest BCUT2D eigenvalue weighted by Crippen LogP contribution is -2.03. The normalized spacial score (nSPS) is 11.1. The van der Waals surface area contributed by atoms with E-state index in [1.165, 1.54) is 6.33 Å². The van der Waals surface area contributed by atoms with Crippen molar-refractivity contribution in [3.8, 4) is 5.75 Å². The van der Waals surface area contributed by atoms with Gasteiger partial charge in [-0.05, 0) is 34.7 Å². The molecule has 0 fully saturated rings. The Morgan fingerprint density at radius 2 is 2.21 bits per heavy atom. The van der Waals surface area contributed by atoms with E-state index in [1.54, 1.807) is 12.1 Å². The summed E-state index contributed by atoms with van der Waals surface area (Å²) in [6, 6.07) is 3.46. The first kappa shape index (κ1) is 9.63. The van der Waals surface area contributed by atoms with Crippen LogP contribution in [0.15, 0.2) is 18.5 Å². The van der Waals surface area contributed by atoms with Crippen molar-refractivity contribution in [3.63, 3.8) is 0 Å². The first-order valence-electron chi connectivity index (χ1n) is 3.75. The number of alkyl halides is 2. The third-order valence-corrected chi connectivity index (χ3v) is 2.55. The number of imidazole rings is 1. The molecule has 0 amide bonds. The van der Waals surface area contributed by atoms with Gasteiger partial charge in [-0.2, -0.15) is 8.78 Å². The van der Waals surface area contributed by atoms with E-state index < -0.39 is 6.61 Å². The van der Waals surface area contributed by atoms with E-state index in [2.05, 4.69) is 14.7 Å². The highest BCUT2D eigenvalue weighted by Crippen LogP contribution is 2.29. The highest BCUT2D eigenvalue weighted by Gasteiger charge is 2.13. The van der Waals surface area contributed by atoms with Crippen molar-refractivity contribution in [2.75, 3.05) is 0 Å². The fourth-order valence-corrected chi connectivity index (χ4v) is 1.72. The number of nitrogens with one attached hydrogen (secondary N) is 1. The van der Waals surface area contributed by atoms with Crippen LogP contribution in [0.3, 0.4) is 0 Å². The van der Waals surface area contributed by atoms with Gasteiger partial charge < -0.3 is 9.72 Å². The Labute approximate surface area is 91.6 Å². The lowest BCUT2D eigenvalue weighted by molar-refractivity contribution is -0.0494. The molecular formula is C8H5F2IN2O. The van der Waals surface area contributed by atoms with Gasteiger partial charge in [0, 0.05) is 0 Å². The lowest BCUT2D eigenvalue weighted by atomic mass is 10.3. The average Bonchev–Trinajstić information content (AvgIpc) is 2.57. The molecule has 1 aromatic heterocycles. The van der Waals surface area contributed by atoms with Gasteiger partial charge in [0.2, 0.25) is 0 Å². The van der Waals surface area contributed by atoms with E-state index in [9.17, 15) is 8.78 Å². The first-order chi connectivity index (χ1) is 6.68. The first-order valence-corrected chi connectivity index (χ1v) is 4.83. The van der Waals surface area contributed by atoms with E-state index in [0.29, 0.717) is 14.6 Å². The number of aromatic amines is 1. The van der Waals surface area contributed by atoms with Gasteiger partial charge in [-0.1, -0.05) is 0 Å². The maximum Gasteiger partial charge on any atom is 0.387 e. The number of rotatable bonds is 2. The molecule has 2 aromatic rings. The summed E-state index contributed by atoms with van der Waals surface area (Å²) in [7, 11) is 0. The lowest BCUT2D eigenvalue weighted by Gasteiger charge is -2.06. The molecular weight excluding hydrogens is 305 g/mol. The second-order valence-electron chi connectivity index (χ2n) is 2.55. The summed E-state index contributed by atoms with van der Waals surface area (Å²) in [5.74, 6) is 0.124. The Morgan fingerprint density at radius 1 is 1.43 bits per heavy atom. The van der Waals surface area contributed by atoms with E-state index in [4.69, 9.17) is 0 Å². The zero-order valence-corrected chi connectivity index (χ0v) is 8.96. The summed E-state index contributed by atoms with van der Waals surface area (Å²) in [6.45, 7) is -2.83. The van der Waals surface area contributed by atoms with Crippen LogP contribution in [0.25, 0.3) is 11.0 Å². The molecule has 0 spiro atoms. The number of nitrogens with zero attached hydrogens (tertiary/aromatic N) is 1. The van der Waals surface area contributed by atoms with Gasteiger partial charge in [0.25, 0.3) is 0 Å². The summed E-state index contributed by atoms with van der Waals surface area (Å²) in [4.78, 5) is 6.73. The Morgan fingerprint density at radius 3 is 2.93 bits per heavy atom. The number of ether oxygens (including phenoxy) is 1. The maximum absolute atomic E-state index is 12.1. The van der Waals surface area contributed by atoms with Gasteiger partial charge in [-0.15, -0.1) is 0 Å². The fraction of sp³-hybridized carbons (Fsp3) is 0.125. The molecule has 14 heavy (non-hydrogen) atoms. The summed E-state index contributed by atoms with van der Waals surface area (Å²) < 4.78 is 29.1. The zero-order chi connectivity index (χ0) is 10.1. The maximum atomic E-state index is 12.1. The fourth-order valence-electron chi connectivity index (χ4n) is 1.16. The van der Waals surface area contributed by atoms with Gasteiger partial charge in [0.05, 0.1) is 15.4 Å². The quantitative estimate of drug-likeness (QED) is 0.866. The number of hydrogen-bond acceptors (Lipinski definition) is 2. The molecule has 0 aliphatic heterocycles. The molecule has 6 heteroatoms. The molecule has 0 unspecified atom stereocenters. The van der Waals surface area contributed by atoms with Crippen molar-refractivity contribution >= 4 is 33.6 Å². The van der Waals surface area contributed by atoms with Gasteiger partial charge in [0.1, 0.15) is 5.52 Å². The number of aromatic nitrogens is 2. The third-order valence-electron chi connectivity index (χ3n) is 1.70. The Kier molecular flexibility index (Phi) is 2.53. The Balaban J connectivity index is 2.58. The van der Waals surface area contributed by atoms with Crippen molar-refractivity contribution in [3.05, 3.63) is 22.0 Å². The van der Waals surface area contributed by atoms with Crippen LogP contribution >= 0.6 is 22.6 Å². The van der Waals surface area contributed by atoms with Crippen LogP contribution in [0.2, 0.25) is 0 Å². The predicted octanol–water partition coefficient (Wildman–Crippen LogP) is 2.77. The Bertz CT molecular complexity index is 458. The molecule has 1 heterocycles. The number of H-pyrrole nitrogens is 1. The van der Waals surface area contributed by atoms with Crippen LogP contribution in [-0.2, 0) is 0 Å². The van der Waals surface area contributed by atoms with Crippen LogP contribution in [0.1, 0.15) is 0 Å². The second kappa shape index (κ2) is 3.68. The molecule has 0 saturated heterocycles. The van der Waals surface area contributed by atoms with E-state index in [0.717, 1.165) is 0 Å². The molecule has 0 atom stereocenters. The molecule has 0 aliphatic rings. The highest BCUT2D eigenvalue weighted by molar-refractivity contribution is 14.1. The Hall–Kier alpha value is -0.920. The molecule has 0 bridgehead atoms. The van der Waals surface area contributed by atoms with Gasteiger partial charge >= 0.3 is 6.61 Å². The minimum Gasteiger partial charge on any atom is -0.431 e. The summed E-state index contributed by atoms with van der Waals surface area (Å²) in [5, 5.41) is 0. The zero-order valence-electron chi connectivity index (χ0n) is 6.80. The van der Waals surface area contributed by atoms with Crippen molar-refractivity contribution in [2.24, 2.45) is 0 Å². The smallest absolute Gasteiger partial charge is 0.387 e. The number of halogens is 3. The minimum atomic E-state index is -2.83. The van der Waals surface area contributed by atoms with Crippen LogP contribution < -0.4 is 4.74 Å². The molecule has 74 valence electrons. The van der Waals surface area contributed by atoms with Crippen LogP contribution in [-0.4, -0.2) is 16.6 Å². The number of fused-ring (bicyclic) bond motifs is 1. The van der Waals surface area contributed by atoms with Crippen molar-refractivity contribution in [2.45, 2.75) is 6.61 Å². The van der Waals surface area contributed by atoms with Crippen LogP contribution in [0.5, 0.6) is 5.75 Å². The van der Waals surface area contributed by atoms with Crippen molar-refractivity contribution < 1.29 is 13.5 Å². The standard InChI is InChI=1S/C8H5F2IN2O/c9-8(10)14-7-4(11)1-2-5-6(7)13-3-12-5/h1-3,8H,(H,12,13). The molecule has 0 saturated carbocycles. The minimum absolute atomic E-state index is 0.124. The molecule has 0 aliphatic carbocycles. The monoisotopic (exact) mass is 310 g/mol. The summed E-state index contributed by atoms with van der Waals surface area (Å²) >= 11 is 1.93. The van der Waals surface area contributed by atoms with Crippen molar-refractivity contribution in [1.29, 1.82) is 0 Å². The van der Waals surface area contributed by atoms with Gasteiger partial charge in [-0.25, -0.2) is 4.98 Å². The van der Waals surface area contributed by atoms with E-state index >= 15 is 0 Å². The SMILES string of the molecule is FC(F)Oc1c(I)ccc2[nH]cnc12. The predicted molar refractivity (Wildman–Crippen MR) is 55.4 cm³/mol. The third kappa shape index (κ3) is 1.66. The second-order valence-corrected chi connectivity index (χ2v) is 3.72. The molecule has 3 nitrogen and oxygen atoms in total. The van der Waals surface area contributed by atoms with Gasteiger partial charge in [-0.3, -0.25) is 0 Å². The molecule has 2 rings (SSSR count). The van der Waals surface area contributed by atoms with Crippen LogP contribution in [0.4, 0.5) is 8.78 Å². The number of hydrogen-bond donors (Lipinski definition) is 1. The topological polar surface area (TPSA) is 37.9 Å². The highest BCUT2D eigenvalue weighted by atomic mass is 127.